The smallest absolute Gasteiger partial charge is 0.234 e. The lowest BCUT2D eigenvalue weighted by atomic mass is 10.1. The molecule has 0 N–H and O–H groups in total. The van der Waals surface area contributed by atoms with Gasteiger partial charge in [0.1, 0.15) is 16.9 Å². The van der Waals surface area contributed by atoms with Crippen LogP contribution < -0.4 is 9.47 Å². The summed E-state index contributed by atoms with van der Waals surface area (Å²) in [5, 5.41) is 4.68. The predicted molar refractivity (Wildman–Crippen MR) is 118 cm³/mol. The average molecular weight is 424 g/mol. The van der Waals surface area contributed by atoms with Gasteiger partial charge in [-0.3, -0.25) is 4.79 Å². The molecule has 156 valence electrons. The highest BCUT2D eigenvalue weighted by Gasteiger charge is 2.36. The number of hydrogen-bond acceptors (Lipinski definition) is 5. The fourth-order valence-electron chi connectivity index (χ4n) is 3.89. The number of benzene rings is 2. The number of aromatic nitrogens is 2. The van der Waals surface area contributed by atoms with E-state index in [2.05, 4.69) is 6.92 Å². The van der Waals surface area contributed by atoms with Crippen LogP contribution in [0, 0.1) is 13.8 Å². The van der Waals surface area contributed by atoms with Crippen molar-refractivity contribution in [2.24, 2.45) is 0 Å². The molecule has 1 aliphatic rings. The molecule has 2 heterocycles. The van der Waals surface area contributed by atoms with Crippen LogP contribution in [0.25, 0.3) is 5.69 Å². The quantitative estimate of drug-likeness (QED) is 0.592. The topological polar surface area (TPSA) is 56.6 Å². The standard InChI is InChI=1S/C23H25N3O3S/c1-15-22(16(2)26(24-15)18-8-6-5-7-9-18)23-25(21(27)14-30-23)13-17-12-19(28-3)10-11-20(17)29-4/h5-12,23H,13-14H2,1-4H3. The summed E-state index contributed by atoms with van der Waals surface area (Å²) in [6, 6.07) is 15.7. The van der Waals surface area contributed by atoms with Crippen LogP contribution in [0.1, 0.15) is 27.9 Å². The molecule has 3 aromatic rings. The molecule has 1 aromatic heterocycles. The molecule has 0 radical (unpaired) electrons. The second-order valence-electron chi connectivity index (χ2n) is 7.19. The first-order valence-electron chi connectivity index (χ1n) is 9.77. The van der Waals surface area contributed by atoms with Crippen LogP contribution in [-0.4, -0.2) is 40.6 Å². The molecule has 6 nitrogen and oxygen atoms in total. The molecule has 0 saturated carbocycles. The highest BCUT2D eigenvalue weighted by molar-refractivity contribution is 8.00. The number of carbonyl (C=O) groups is 1. The Morgan fingerprint density at radius 1 is 1.10 bits per heavy atom. The van der Waals surface area contributed by atoms with Crippen LogP contribution in [0.3, 0.4) is 0 Å². The zero-order chi connectivity index (χ0) is 21.3. The van der Waals surface area contributed by atoms with Gasteiger partial charge in [-0.25, -0.2) is 4.68 Å². The monoisotopic (exact) mass is 423 g/mol. The Labute approximate surface area is 180 Å². The lowest BCUT2D eigenvalue weighted by Gasteiger charge is -2.25. The summed E-state index contributed by atoms with van der Waals surface area (Å²) in [4.78, 5) is 14.7. The lowest BCUT2D eigenvalue weighted by molar-refractivity contribution is -0.128. The van der Waals surface area contributed by atoms with E-state index in [9.17, 15) is 4.79 Å². The zero-order valence-corrected chi connectivity index (χ0v) is 18.4. The SMILES string of the molecule is COc1ccc(OC)c(CN2C(=O)CSC2c2c(C)nn(-c3ccccc3)c2C)c1. The van der Waals surface area contributed by atoms with Gasteiger partial charge in [0.25, 0.3) is 0 Å². The minimum Gasteiger partial charge on any atom is -0.497 e. The van der Waals surface area contributed by atoms with E-state index in [0.717, 1.165) is 39.7 Å². The number of ether oxygens (including phenoxy) is 2. The third kappa shape index (κ3) is 3.65. The minimum atomic E-state index is -0.0918. The van der Waals surface area contributed by atoms with Gasteiger partial charge in [-0.1, -0.05) is 18.2 Å². The highest BCUT2D eigenvalue weighted by Crippen LogP contribution is 2.43. The molecule has 1 amide bonds. The van der Waals surface area contributed by atoms with Gasteiger partial charge in [-0.05, 0) is 44.2 Å². The summed E-state index contributed by atoms with van der Waals surface area (Å²) in [7, 11) is 3.28. The average Bonchev–Trinajstić information content (AvgIpc) is 3.27. The molecule has 7 heteroatoms. The third-order valence-electron chi connectivity index (χ3n) is 5.39. The van der Waals surface area contributed by atoms with Crippen molar-refractivity contribution >= 4 is 17.7 Å². The molecule has 0 bridgehead atoms. The van der Waals surface area contributed by atoms with E-state index < -0.39 is 0 Å². The Morgan fingerprint density at radius 2 is 1.87 bits per heavy atom. The second kappa shape index (κ2) is 8.44. The molecule has 2 aromatic carbocycles. The molecule has 0 aliphatic carbocycles. The van der Waals surface area contributed by atoms with Crippen LogP contribution in [0.2, 0.25) is 0 Å². The first-order chi connectivity index (χ1) is 14.5. The first kappa shape index (κ1) is 20.3. The van der Waals surface area contributed by atoms with Crippen molar-refractivity contribution in [3.63, 3.8) is 0 Å². The normalized spacial score (nSPS) is 16.2. The van der Waals surface area contributed by atoms with E-state index in [-0.39, 0.29) is 11.3 Å². The van der Waals surface area contributed by atoms with Crippen molar-refractivity contribution in [1.29, 1.82) is 0 Å². The van der Waals surface area contributed by atoms with Crippen molar-refractivity contribution in [2.45, 2.75) is 25.8 Å². The molecule has 1 aliphatic heterocycles. The largest absolute Gasteiger partial charge is 0.497 e. The summed E-state index contributed by atoms with van der Waals surface area (Å²) in [5.41, 5.74) is 5.01. The van der Waals surface area contributed by atoms with Gasteiger partial charge < -0.3 is 14.4 Å². The number of rotatable bonds is 6. The van der Waals surface area contributed by atoms with E-state index in [1.165, 1.54) is 0 Å². The summed E-state index contributed by atoms with van der Waals surface area (Å²) < 4.78 is 12.9. The molecule has 1 unspecified atom stereocenters. The minimum absolute atomic E-state index is 0.0918. The van der Waals surface area contributed by atoms with Crippen LogP contribution >= 0.6 is 11.8 Å². The summed E-state index contributed by atoms with van der Waals surface area (Å²) in [5.74, 6) is 2.05. The number of methoxy groups -OCH3 is 2. The molecule has 1 fully saturated rings. The molecule has 1 saturated heterocycles. The molecule has 0 spiro atoms. The van der Waals surface area contributed by atoms with Crippen molar-refractivity contribution in [1.82, 2.24) is 14.7 Å². The van der Waals surface area contributed by atoms with Crippen molar-refractivity contribution in [2.75, 3.05) is 20.0 Å². The van der Waals surface area contributed by atoms with E-state index in [1.54, 1.807) is 26.0 Å². The predicted octanol–water partition coefficient (Wildman–Crippen LogP) is 4.28. The van der Waals surface area contributed by atoms with E-state index in [1.807, 2.05) is 65.0 Å². The van der Waals surface area contributed by atoms with Gasteiger partial charge in [0.2, 0.25) is 5.91 Å². The number of thioether (sulfide) groups is 1. The Hall–Kier alpha value is -2.93. The van der Waals surface area contributed by atoms with Crippen molar-refractivity contribution in [3.8, 4) is 17.2 Å². The van der Waals surface area contributed by atoms with Gasteiger partial charge in [-0.2, -0.15) is 5.10 Å². The maximum atomic E-state index is 12.8. The number of aryl methyl sites for hydroxylation is 1. The summed E-state index contributed by atoms with van der Waals surface area (Å²) in [6.45, 7) is 4.53. The maximum Gasteiger partial charge on any atom is 0.234 e. The third-order valence-corrected chi connectivity index (χ3v) is 6.61. The number of amides is 1. The van der Waals surface area contributed by atoms with Crippen LogP contribution in [0.5, 0.6) is 11.5 Å². The van der Waals surface area contributed by atoms with Crippen molar-refractivity contribution < 1.29 is 14.3 Å². The fourth-order valence-corrected chi connectivity index (χ4v) is 5.23. The van der Waals surface area contributed by atoms with Gasteiger partial charge in [0, 0.05) is 16.8 Å². The number of nitrogens with zero attached hydrogens (tertiary/aromatic N) is 3. The van der Waals surface area contributed by atoms with Crippen LogP contribution in [0.15, 0.2) is 48.5 Å². The van der Waals surface area contributed by atoms with Gasteiger partial charge in [0.05, 0.1) is 37.9 Å². The van der Waals surface area contributed by atoms with Crippen LogP contribution in [0.4, 0.5) is 0 Å². The molecule has 4 rings (SSSR count). The van der Waals surface area contributed by atoms with E-state index in [4.69, 9.17) is 14.6 Å². The van der Waals surface area contributed by atoms with E-state index >= 15 is 0 Å². The summed E-state index contributed by atoms with van der Waals surface area (Å²) in [6.07, 6.45) is 0. The second-order valence-corrected chi connectivity index (χ2v) is 8.26. The first-order valence-corrected chi connectivity index (χ1v) is 10.8. The van der Waals surface area contributed by atoms with Crippen molar-refractivity contribution in [3.05, 3.63) is 71.0 Å². The fraction of sp³-hybridized carbons (Fsp3) is 0.304. The molecular formula is C23H25N3O3S. The van der Waals surface area contributed by atoms with Crippen LogP contribution in [-0.2, 0) is 11.3 Å². The van der Waals surface area contributed by atoms with Gasteiger partial charge in [0.15, 0.2) is 0 Å². The Bertz CT molecular complexity index is 1070. The summed E-state index contributed by atoms with van der Waals surface area (Å²) >= 11 is 1.64. The molecular weight excluding hydrogens is 398 g/mol. The number of hydrogen-bond donors (Lipinski definition) is 0. The number of carbonyl (C=O) groups excluding carboxylic acids is 1. The Morgan fingerprint density at radius 3 is 2.57 bits per heavy atom. The number of para-hydroxylation sites is 1. The molecule has 30 heavy (non-hydrogen) atoms. The lowest BCUT2D eigenvalue weighted by Crippen LogP contribution is -2.28. The molecule has 1 atom stereocenters. The van der Waals surface area contributed by atoms with Gasteiger partial charge >= 0.3 is 0 Å². The Balaban J connectivity index is 1.70. The van der Waals surface area contributed by atoms with E-state index in [0.29, 0.717) is 12.3 Å². The highest BCUT2D eigenvalue weighted by atomic mass is 32.2. The van der Waals surface area contributed by atoms with Gasteiger partial charge in [-0.15, -0.1) is 11.8 Å². The maximum absolute atomic E-state index is 12.8. The Kier molecular flexibility index (Phi) is 5.72. The zero-order valence-electron chi connectivity index (χ0n) is 17.6.